The van der Waals surface area contributed by atoms with Crippen LogP contribution in [-0.4, -0.2) is 56.0 Å². The minimum atomic E-state index is -1.32. The lowest BCUT2D eigenvalue weighted by Gasteiger charge is -2.40. The number of carbonyl (C=O) groups is 1. The second-order valence-electron chi connectivity index (χ2n) is 3.45. The predicted octanol–water partition coefficient (Wildman–Crippen LogP) is -1.15. The summed E-state index contributed by atoms with van der Waals surface area (Å²) in [5.74, 6) is 0. The largest absolute Gasteiger partial charge is 0.396 e. The first-order chi connectivity index (χ1) is 6.89. The van der Waals surface area contributed by atoms with Gasteiger partial charge in [-0.2, -0.15) is 12.6 Å². The van der Waals surface area contributed by atoms with Gasteiger partial charge in [0.1, 0.15) is 6.61 Å². The van der Waals surface area contributed by atoms with Crippen molar-refractivity contribution < 1.29 is 25.2 Å². The SMILES string of the molecule is CC(CO)(CO)C(S)(CO)SC(=O)CO. The average Bonchev–Trinajstić information content (AvgIpc) is 2.27. The Hall–Kier alpha value is 0.210. The number of thiol groups is 1. The molecule has 0 rings (SSSR count). The zero-order valence-electron chi connectivity index (χ0n) is 8.38. The molecule has 0 spiro atoms. The molecule has 0 aromatic rings. The smallest absolute Gasteiger partial charge is 0.215 e. The summed E-state index contributed by atoms with van der Waals surface area (Å²) in [6.07, 6.45) is 0. The van der Waals surface area contributed by atoms with Crippen LogP contribution in [0.25, 0.3) is 0 Å². The first kappa shape index (κ1) is 15.2. The van der Waals surface area contributed by atoms with Crippen LogP contribution in [0.1, 0.15) is 6.92 Å². The molecule has 0 aromatic heterocycles. The van der Waals surface area contributed by atoms with Crippen molar-refractivity contribution in [3.63, 3.8) is 0 Å². The van der Waals surface area contributed by atoms with Crippen LogP contribution in [0.5, 0.6) is 0 Å². The van der Waals surface area contributed by atoms with Gasteiger partial charge in [0.05, 0.1) is 23.9 Å². The van der Waals surface area contributed by atoms with Gasteiger partial charge in [-0.15, -0.1) is 0 Å². The summed E-state index contributed by atoms with van der Waals surface area (Å²) in [5.41, 5.74) is -1.12. The Morgan fingerprint density at radius 1 is 1.20 bits per heavy atom. The summed E-state index contributed by atoms with van der Waals surface area (Å²) >= 11 is 4.72. The van der Waals surface area contributed by atoms with Gasteiger partial charge in [-0.3, -0.25) is 4.79 Å². The lowest BCUT2D eigenvalue weighted by atomic mass is 9.88. The third kappa shape index (κ3) is 3.33. The molecule has 0 radical (unpaired) electrons. The van der Waals surface area contributed by atoms with Crippen LogP contribution in [0.2, 0.25) is 0 Å². The third-order valence-corrected chi connectivity index (χ3v) is 4.54. The number of hydrogen-bond acceptors (Lipinski definition) is 7. The zero-order chi connectivity index (χ0) is 12.1. The fourth-order valence-electron chi connectivity index (χ4n) is 0.864. The van der Waals surface area contributed by atoms with Gasteiger partial charge in [0.25, 0.3) is 0 Å². The summed E-state index contributed by atoms with van der Waals surface area (Å²) < 4.78 is -1.32. The van der Waals surface area contributed by atoms with Crippen molar-refractivity contribution in [1.29, 1.82) is 0 Å². The predicted molar refractivity (Wildman–Crippen MR) is 60.8 cm³/mol. The number of hydrogen-bond donors (Lipinski definition) is 5. The van der Waals surface area contributed by atoms with Gasteiger partial charge in [-0.1, -0.05) is 18.7 Å². The molecule has 0 aliphatic rings. The molecule has 0 saturated carbocycles. The minimum absolute atomic E-state index is 0.431. The molecular weight excluding hydrogens is 240 g/mol. The number of aliphatic hydroxyl groups excluding tert-OH is 4. The summed E-state index contributed by atoms with van der Waals surface area (Å²) in [5, 5.41) is 35.5. The minimum Gasteiger partial charge on any atom is -0.396 e. The molecule has 15 heavy (non-hydrogen) atoms. The molecule has 1 atom stereocenters. The quantitative estimate of drug-likeness (QED) is 0.304. The zero-order valence-corrected chi connectivity index (χ0v) is 10.1. The molecule has 0 heterocycles. The average molecular weight is 256 g/mol. The first-order valence-corrected chi connectivity index (χ1v) is 5.53. The van der Waals surface area contributed by atoms with Gasteiger partial charge in [0.15, 0.2) is 0 Å². The van der Waals surface area contributed by atoms with E-state index in [1.165, 1.54) is 6.92 Å². The molecule has 4 N–H and O–H groups in total. The van der Waals surface area contributed by atoms with Crippen LogP contribution >= 0.6 is 24.4 Å². The van der Waals surface area contributed by atoms with E-state index in [4.69, 9.17) is 15.3 Å². The van der Waals surface area contributed by atoms with Crippen molar-refractivity contribution in [2.75, 3.05) is 26.4 Å². The van der Waals surface area contributed by atoms with Crippen molar-refractivity contribution >= 4 is 29.5 Å². The molecule has 0 aliphatic heterocycles. The van der Waals surface area contributed by atoms with Gasteiger partial charge >= 0.3 is 0 Å². The van der Waals surface area contributed by atoms with Gasteiger partial charge in [0.2, 0.25) is 5.12 Å². The van der Waals surface area contributed by atoms with E-state index in [1.807, 2.05) is 0 Å². The van der Waals surface area contributed by atoms with Crippen molar-refractivity contribution in [3.8, 4) is 0 Å². The molecule has 0 aromatic carbocycles. The molecule has 0 aliphatic carbocycles. The third-order valence-electron chi connectivity index (χ3n) is 2.27. The Kier molecular flexibility index (Phi) is 6.16. The van der Waals surface area contributed by atoms with Crippen molar-refractivity contribution in [2.24, 2.45) is 5.41 Å². The van der Waals surface area contributed by atoms with E-state index >= 15 is 0 Å². The molecule has 1 unspecified atom stereocenters. The van der Waals surface area contributed by atoms with E-state index in [2.05, 4.69) is 12.6 Å². The first-order valence-electron chi connectivity index (χ1n) is 4.27. The van der Waals surface area contributed by atoms with Gasteiger partial charge in [0, 0.05) is 5.41 Å². The molecule has 0 bridgehead atoms. The Bertz CT molecular complexity index is 219. The maximum atomic E-state index is 11.1. The number of carbonyl (C=O) groups excluding carboxylic acids is 1. The van der Waals surface area contributed by atoms with Gasteiger partial charge < -0.3 is 20.4 Å². The fraction of sp³-hybridized carbons (Fsp3) is 0.875. The topological polar surface area (TPSA) is 98.0 Å². The second kappa shape index (κ2) is 6.07. The van der Waals surface area contributed by atoms with Crippen molar-refractivity contribution in [3.05, 3.63) is 0 Å². The van der Waals surface area contributed by atoms with Crippen LogP contribution in [0, 0.1) is 5.41 Å². The van der Waals surface area contributed by atoms with Crippen LogP contribution in [0.15, 0.2) is 0 Å². The van der Waals surface area contributed by atoms with Crippen LogP contribution in [-0.2, 0) is 4.79 Å². The van der Waals surface area contributed by atoms with E-state index < -0.39 is 41.0 Å². The second-order valence-corrected chi connectivity index (χ2v) is 5.87. The molecule has 0 fully saturated rings. The molecule has 7 heteroatoms. The number of rotatable bonds is 6. The summed E-state index contributed by atoms with van der Waals surface area (Å²) in [4.78, 5) is 11.1. The van der Waals surface area contributed by atoms with Crippen molar-refractivity contribution in [1.82, 2.24) is 0 Å². The highest BCUT2D eigenvalue weighted by Gasteiger charge is 2.46. The summed E-state index contributed by atoms with van der Waals surface area (Å²) in [6, 6.07) is 0. The maximum absolute atomic E-state index is 11.1. The monoisotopic (exact) mass is 256 g/mol. The normalized spacial score (nSPS) is 16.1. The standard InChI is InChI=1S/C8H16O5S2/c1-7(3-10,4-11)8(14,5-12)15-6(13)2-9/h9-12,14H,2-5H2,1H3. The lowest BCUT2D eigenvalue weighted by molar-refractivity contribution is -0.113. The highest BCUT2D eigenvalue weighted by molar-refractivity contribution is 8.22. The van der Waals surface area contributed by atoms with Crippen LogP contribution in [0.4, 0.5) is 0 Å². The van der Waals surface area contributed by atoms with E-state index in [1.54, 1.807) is 0 Å². The molecule has 0 saturated heterocycles. The van der Waals surface area contributed by atoms with E-state index in [0.29, 0.717) is 11.8 Å². The fourth-order valence-corrected chi connectivity index (χ4v) is 2.19. The van der Waals surface area contributed by atoms with Crippen molar-refractivity contribution in [2.45, 2.75) is 11.0 Å². The Labute approximate surface area is 97.9 Å². The molecule has 0 amide bonds. The van der Waals surface area contributed by atoms with E-state index in [9.17, 15) is 9.90 Å². The van der Waals surface area contributed by atoms with Crippen LogP contribution in [0.3, 0.4) is 0 Å². The summed E-state index contributed by atoms with van der Waals surface area (Å²) in [7, 11) is 0. The maximum Gasteiger partial charge on any atom is 0.215 e. The van der Waals surface area contributed by atoms with Gasteiger partial charge in [-0.25, -0.2) is 0 Å². The van der Waals surface area contributed by atoms with E-state index in [-0.39, 0.29) is 0 Å². The molecular formula is C8H16O5S2. The highest BCUT2D eigenvalue weighted by atomic mass is 32.2. The number of thioether (sulfide) groups is 1. The molecule has 5 nitrogen and oxygen atoms in total. The summed E-state index contributed by atoms with van der Waals surface area (Å²) in [6.45, 7) is -0.559. The molecule has 90 valence electrons. The van der Waals surface area contributed by atoms with Gasteiger partial charge in [-0.05, 0) is 0 Å². The van der Waals surface area contributed by atoms with Crippen LogP contribution < -0.4 is 0 Å². The highest BCUT2D eigenvalue weighted by Crippen LogP contribution is 2.45. The number of aliphatic hydroxyl groups is 4. The lowest BCUT2D eigenvalue weighted by Crippen LogP contribution is -2.48. The Balaban J connectivity index is 4.89. The Morgan fingerprint density at radius 2 is 1.67 bits per heavy atom. The van der Waals surface area contributed by atoms with E-state index in [0.717, 1.165) is 0 Å². The Morgan fingerprint density at radius 3 is 1.93 bits per heavy atom.